The second kappa shape index (κ2) is 5.35. The zero-order valence-electron chi connectivity index (χ0n) is 9.88. The highest BCUT2D eigenvalue weighted by Crippen LogP contribution is 2.18. The lowest BCUT2D eigenvalue weighted by molar-refractivity contribution is 0.274. The van der Waals surface area contributed by atoms with Crippen LogP contribution in [0.4, 0.5) is 0 Å². The minimum atomic E-state index is -3.32. The zero-order valence-corrected chi connectivity index (χ0v) is 11.5. The second-order valence-corrected chi connectivity index (χ2v) is 6.14. The predicted molar refractivity (Wildman–Crippen MR) is 70.0 cm³/mol. The lowest BCUT2D eigenvalue weighted by atomic mass is 10.2. The predicted octanol–water partition coefficient (Wildman–Crippen LogP) is 1.01. The standard InChI is InChI=1S/C11H16N2O2S.ClH/c1-9-3-5-11(6-4-9)16(14,15)13(2)10-7-12-8-10;/h3-6,10,12H,7-8H2,1-2H3;1H. The van der Waals surface area contributed by atoms with Crippen molar-refractivity contribution in [3.05, 3.63) is 29.8 Å². The fraction of sp³-hybridized carbons (Fsp3) is 0.455. The first kappa shape index (κ1) is 14.4. The van der Waals surface area contributed by atoms with E-state index >= 15 is 0 Å². The van der Waals surface area contributed by atoms with Crippen LogP contribution in [-0.2, 0) is 10.0 Å². The van der Waals surface area contributed by atoms with Crippen molar-refractivity contribution >= 4 is 22.4 Å². The molecule has 0 atom stereocenters. The largest absolute Gasteiger partial charge is 0.313 e. The summed E-state index contributed by atoms with van der Waals surface area (Å²) in [6.45, 7) is 3.42. The third kappa shape index (κ3) is 2.80. The highest BCUT2D eigenvalue weighted by atomic mass is 35.5. The van der Waals surface area contributed by atoms with Crippen molar-refractivity contribution in [2.45, 2.75) is 17.9 Å². The molecule has 0 saturated carbocycles. The van der Waals surface area contributed by atoms with E-state index in [0.29, 0.717) is 4.90 Å². The van der Waals surface area contributed by atoms with Crippen LogP contribution in [-0.4, -0.2) is 38.9 Å². The normalized spacial score (nSPS) is 16.4. The molecule has 1 saturated heterocycles. The SMILES string of the molecule is Cc1ccc(S(=O)(=O)N(C)C2CNC2)cc1.Cl. The van der Waals surface area contributed by atoms with Crippen molar-refractivity contribution in [3.8, 4) is 0 Å². The van der Waals surface area contributed by atoms with Gasteiger partial charge in [-0.1, -0.05) is 17.7 Å². The molecule has 1 N–H and O–H groups in total. The summed E-state index contributed by atoms with van der Waals surface area (Å²) >= 11 is 0. The monoisotopic (exact) mass is 276 g/mol. The summed E-state index contributed by atoms with van der Waals surface area (Å²) in [4.78, 5) is 0.368. The van der Waals surface area contributed by atoms with Gasteiger partial charge in [0.2, 0.25) is 10.0 Å². The van der Waals surface area contributed by atoms with Gasteiger partial charge in [0, 0.05) is 26.2 Å². The average Bonchev–Trinajstić information content (AvgIpc) is 2.15. The van der Waals surface area contributed by atoms with Crippen molar-refractivity contribution in [1.82, 2.24) is 9.62 Å². The van der Waals surface area contributed by atoms with E-state index in [1.165, 1.54) is 4.31 Å². The van der Waals surface area contributed by atoms with Crippen LogP contribution in [0, 0.1) is 6.92 Å². The molecule has 1 aromatic rings. The van der Waals surface area contributed by atoms with Crippen LogP contribution >= 0.6 is 12.4 Å². The van der Waals surface area contributed by atoms with Crippen molar-refractivity contribution < 1.29 is 8.42 Å². The van der Waals surface area contributed by atoms with E-state index in [2.05, 4.69) is 5.32 Å². The van der Waals surface area contributed by atoms with Gasteiger partial charge >= 0.3 is 0 Å². The summed E-state index contributed by atoms with van der Waals surface area (Å²) in [7, 11) is -1.68. The van der Waals surface area contributed by atoms with Crippen LogP contribution in [0.15, 0.2) is 29.2 Å². The zero-order chi connectivity index (χ0) is 11.8. The fourth-order valence-electron chi connectivity index (χ4n) is 1.60. The van der Waals surface area contributed by atoms with Crippen LogP contribution in [0.1, 0.15) is 5.56 Å². The molecule has 0 aliphatic carbocycles. The lowest BCUT2D eigenvalue weighted by Crippen LogP contribution is -2.57. The number of nitrogens with one attached hydrogen (secondary N) is 1. The van der Waals surface area contributed by atoms with Gasteiger partial charge in [-0.15, -0.1) is 12.4 Å². The molecule has 0 unspecified atom stereocenters. The summed E-state index contributed by atoms with van der Waals surface area (Å²) in [5, 5.41) is 3.07. The Morgan fingerprint density at radius 3 is 2.18 bits per heavy atom. The van der Waals surface area contributed by atoms with Gasteiger partial charge in [0.1, 0.15) is 0 Å². The molecule has 0 radical (unpaired) electrons. The highest BCUT2D eigenvalue weighted by Gasteiger charge is 2.31. The van der Waals surface area contributed by atoms with Gasteiger partial charge in [0.05, 0.1) is 4.90 Å². The Kier molecular flexibility index (Phi) is 4.55. The van der Waals surface area contributed by atoms with E-state index in [1.54, 1.807) is 19.2 Å². The maximum Gasteiger partial charge on any atom is 0.243 e. The maximum atomic E-state index is 12.2. The first-order valence-corrected chi connectivity index (χ1v) is 6.71. The number of hydrogen-bond acceptors (Lipinski definition) is 3. The van der Waals surface area contributed by atoms with Gasteiger partial charge in [-0.3, -0.25) is 0 Å². The van der Waals surface area contributed by atoms with Gasteiger partial charge in [0.25, 0.3) is 0 Å². The molecule has 1 aliphatic heterocycles. The molecule has 0 bridgehead atoms. The van der Waals surface area contributed by atoms with E-state index in [4.69, 9.17) is 0 Å². The molecule has 1 aliphatic rings. The number of benzene rings is 1. The number of aryl methyl sites for hydroxylation is 1. The van der Waals surface area contributed by atoms with Crippen LogP contribution in [0.5, 0.6) is 0 Å². The van der Waals surface area contributed by atoms with Gasteiger partial charge in [-0.05, 0) is 19.1 Å². The van der Waals surface area contributed by atoms with E-state index in [0.717, 1.165) is 18.7 Å². The summed E-state index contributed by atoms with van der Waals surface area (Å²) in [6.07, 6.45) is 0. The topological polar surface area (TPSA) is 49.4 Å². The summed E-state index contributed by atoms with van der Waals surface area (Å²) in [6, 6.07) is 7.05. The molecular weight excluding hydrogens is 260 g/mol. The van der Waals surface area contributed by atoms with E-state index in [1.807, 2.05) is 19.1 Å². The molecule has 1 aromatic carbocycles. The molecule has 0 amide bonds. The summed E-state index contributed by atoms with van der Waals surface area (Å²) < 4.78 is 25.8. The third-order valence-corrected chi connectivity index (χ3v) is 4.90. The number of likely N-dealkylation sites (N-methyl/N-ethyl adjacent to an activating group) is 1. The molecule has 4 nitrogen and oxygen atoms in total. The first-order chi connectivity index (χ1) is 7.51. The molecular formula is C11H17ClN2O2S. The Hall–Kier alpha value is -0.620. The van der Waals surface area contributed by atoms with Gasteiger partial charge in [-0.2, -0.15) is 4.31 Å². The first-order valence-electron chi connectivity index (χ1n) is 5.27. The molecule has 0 spiro atoms. The van der Waals surface area contributed by atoms with Gasteiger partial charge in [0.15, 0.2) is 0 Å². The number of rotatable bonds is 3. The highest BCUT2D eigenvalue weighted by molar-refractivity contribution is 7.89. The van der Waals surface area contributed by atoms with Crippen molar-refractivity contribution in [2.75, 3.05) is 20.1 Å². The quantitative estimate of drug-likeness (QED) is 0.896. The Labute approximate surface area is 108 Å². The fourth-order valence-corrected chi connectivity index (χ4v) is 2.96. The number of hydrogen-bond donors (Lipinski definition) is 1. The van der Waals surface area contributed by atoms with E-state index in [-0.39, 0.29) is 18.4 Å². The minimum absolute atomic E-state index is 0. The Morgan fingerprint density at radius 2 is 1.76 bits per heavy atom. The van der Waals surface area contributed by atoms with Crippen LogP contribution in [0.25, 0.3) is 0 Å². The molecule has 96 valence electrons. The van der Waals surface area contributed by atoms with E-state index in [9.17, 15) is 8.42 Å². The van der Waals surface area contributed by atoms with Crippen LogP contribution < -0.4 is 5.32 Å². The van der Waals surface area contributed by atoms with Crippen molar-refractivity contribution in [2.24, 2.45) is 0 Å². The summed E-state index contributed by atoms with van der Waals surface area (Å²) in [5.74, 6) is 0. The van der Waals surface area contributed by atoms with Gasteiger partial charge in [-0.25, -0.2) is 8.42 Å². The maximum absolute atomic E-state index is 12.2. The average molecular weight is 277 g/mol. The number of sulfonamides is 1. The molecule has 17 heavy (non-hydrogen) atoms. The smallest absolute Gasteiger partial charge is 0.243 e. The summed E-state index contributed by atoms with van der Waals surface area (Å²) in [5.41, 5.74) is 1.06. The molecule has 0 aromatic heterocycles. The Morgan fingerprint density at radius 1 is 1.24 bits per heavy atom. The number of halogens is 1. The number of nitrogens with zero attached hydrogens (tertiary/aromatic N) is 1. The molecule has 6 heteroatoms. The van der Waals surface area contributed by atoms with E-state index < -0.39 is 10.0 Å². The molecule has 1 heterocycles. The molecule has 2 rings (SSSR count). The second-order valence-electron chi connectivity index (χ2n) is 4.15. The van der Waals surface area contributed by atoms with Gasteiger partial charge < -0.3 is 5.32 Å². The Bertz CT molecular complexity index is 469. The van der Waals surface area contributed by atoms with Crippen molar-refractivity contribution in [3.63, 3.8) is 0 Å². The third-order valence-electron chi connectivity index (χ3n) is 2.97. The van der Waals surface area contributed by atoms with Crippen molar-refractivity contribution in [1.29, 1.82) is 0 Å². The minimum Gasteiger partial charge on any atom is -0.313 e. The van der Waals surface area contributed by atoms with Crippen LogP contribution in [0.2, 0.25) is 0 Å². The lowest BCUT2D eigenvalue weighted by Gasteiger charge is -2.34. The molecule has 1 fully saturated rings. The Balaban J connectivity index is 0.00000144. The van der Waals surface area contributed by atoms with Crippen LogP contribution in [0.3, 0.4) is 0 Å².